The molecule has 5 nitrogen and oxygen atoms in total. The maximum atomic E-state index is 12.7. The number of nitrogens with one attached hydrogen (secondary N) is 1. The molecule has 10 heteroatoms. The van der Waals surface area contributed by atoms with E-state index >= 15 is 0 Å². The number of anilines is 1. The first-order valence-electron chi connectivity index (χ1n) is 7.19. The lowest BCUT2D eigenvalue weighted by molar-refractivity contribution is -0.137. The van der Waals surface area contributed by atoms with Crippen molar-refractivity contribution in [2.45, 2.75) is 30.7 Å². The third kappa shape index (κ3) is 3.49. The summed E-state index contributed by atoms with van der Waals surface area (Å²) in [5.74, 6) is -0.487. The Kier molecular flexibility index (Phi) is 4.75. The number of aliphatic hydroxyl groups is 1. The van der Waals surface area contributed by atoms with Gasteiger partial charge in [-0.2, -0.15) is 18.3 Å². The van der Waals surface area contributed by atoms with Crippen LogP contribution in [0.5, 0.6) is 0 Å². The van der Waals surface area contributed by atoms with Crippen LogP contribution in [-0.4, -0.2) is 26.9 Å². The van der Waals surface area contributed by atoms with Gasteiger partial charge in [-0.1, -0.05) is 11.6 Å². The molecule has 0 spiro atoms. The number of carbonyl (C=O) groups is 1. The van der Waals surface area contributed by atoms with Crippen LogP contribution < -0.4 is 5.32 Å². The monoisotopic (exact) mass is 485 g/mol. The highest BCUT2D eigenvalue weighted by Gasteiger charge is 2.52. The van der Waals surface area contributed by atoms with Gasteiger partial charge in [0.15, 0.2) is 0 Å². The lowest BCUT2D eigenvalue weighted by atomic mass is 9.73. The molecule has 2 N–H and O–H groups in total. The lowest BCUT2D eigenvalue weighted by Crippen LogP contribution is -2.57. The van der Waals surface area contributed by atoms with Gasteiger partial charge in [0.2, 0.25) is 0 Å². The number of hydrogen-bond acceptors (Lipinski definition) is 3. The van der Waals surface area contributed by atoms with Crippen molar-refractivity contribution < 1.29 is 23.1 Å². The van der Waals surface area contributed by atoms with E-state index in [0.29, 0.717) is 0 Å². The normalized spacial score (nSPS) is 23.2. The van der Waals surface area contributed by atoms with Gasteiger partial charge < -0.3 is 10.4 Å². The van der Waals surface area contributed by atoms with E-state index in [4.69, 9.17) is 11.6 Å². The fourth-order valence-electron chi connectivity index (χ4n) is 2.76. The van der Waals surface area contributed by atoms with Crippen LogP contribution in [0.3, 0.4) is 0 Å². The van der Waals surface area contributed by atoms with Crippen LogP contribution in [0.1, 0.15) is 18.4 Å². The fraction of sp³-hybridized carbons (Fsp3) is 0.333. The highest BCUT2D eigenvalue weighted by molar-refractivity contribution is 14.1. The smallest absolute Gasteiger partial charge is 0.393 e. The van der Waals surface area contributed by atoms with Gasteiger partial charge in [0.25, 0.3) is 5.91 Å². The molecule has 134 valence electrons. The summed E-state index contributed by atoms with van der Waals surface area (Å²) in [5.41, 5.74) is -1.91. The van der Waals surface area contributed by atoms with Crippen molar-refractivity contribution in [1.29, 1.82) is 0 Å². The summed E-state index contributed by atoms with van der Waals surface area (Å²) in [6.07, 6.45) is -1.59. The minimum atomic E-state index is -4.52. The van der Waals surface area contributed by atoms with Crippen molar-refractivity contribution in [3.05, 3.63) is 44.7 Å². The molecule has 0 aliphatic heterocycles. The molecule has 3 rings (SSSR count). The lowest BCUT2D eigenvalue weighted by Gasteiger charge is -2.43. The summed E-state index contributed by atoms with van der Waals surface area (Å²) < 4.78 is 40.4. The number of hydrogen-bond donors (Lipinski definition) is 2. The molecule has 0 atom stereocenters. The fourth-order valence-corrected chi connectivity index (χ4v) is 3.38. The average Bonchev–Trinajstić information content (AvgIpc) is 2.91. The van der Waals surface area contributed by atoms with E-state index in [1.165, 1.54) is 4.68 Å². The SMILES string of the molecule is O=C(Nc1ccc(C(F)(F)F)cc1Cl)C1(n2cc(I)cn2)CC(O)C1. The number of nitrogens with zero attached hydrogens (tertiary/aromatic N) is 2. The van der Waals surface area contributed by atoms with Crippen molar-refractivity contribution in [2.24, 2.45) is 0 Å². The third-order valence-electron chi connectivity index (χ3n) is 4.10. The number of aliphatic hydroxyl groups excluding tert-OH is 1. The number of aromatic nitrogens is 2. The van der Waals surface area contributed by atoms with Gasteiger partial charge >= 0.3 is 6.18 Å². The zero-order chi connectivity index (χ0) is 18.4. The standard InChI is InChI=1S/C15H12ClF3IN3O2/c16-11-3-8(15(17,18)19)1-2-12(11)22-13(25)14(4-10(24)5-14)23-7-9(20)6-21-23/h1-3,6-7,10,24H,4-5H2,(H,22,25). The minimum absolute atomic E-state index is 0.0716. The molecule has 0 bridgehead atoms. The van der Waals surface area contributed by atoms with E-state index in [1.54, 1.807) is 12.4 Å². The molecular formula is C15H12ClF3IN3O2. The van der Waals surface area contributed by atoms with Crippen molar-refractivity contribution in [3.8, 4) is 0 Å². The Labute approximate surface area is 159 Å². The van der Waals surface area contributed by atoms with Gasteiger partial charge in [0, 0.05) is 19.0 Å². The molecule has 1 amide bonds. The molecular weight excluding hydrogens is 474 g/mol. The highest BCUT2D eigenvalue weighted by Crippen LogP contribution is 2.41. The molecule has 0 unspecified atom stereocenters. The maximum absolute atomic E-state index is 12.7. The van der Waals surface area contributed by atoms with Gasteiger partial charge in [0.1, 0.15) is 5.54 Å². The molecule has 1 saturated carbocycles. The second-order valence-corrected chi connectivity index (χ2v) is 7.50. The van der Waals surface area contributed by atoms with Crippen LogP contribution in [0.4, 0.5) is 18.9 Å². The van der Waals surface area contributed by atoms with Gasteiger partial charge in [-0.05, 0) is 40.8 Å². The second kappa shape index (κ2) is 6.44. The van der Waals surface area contributed by atoms with E-state index in [9.17, 15) is 23.1 Å². The summed E-state index contributed by atoms with van der Waals surface area (Å²) in [7, 11) is 0. The molecule has 25 heavy (non-hydrogen) atoms. The first-order chi connectivity index (χ1) is 11.6. The summed E-state index contributed by atoms with van der Waals surface area (Å²) in [6.45, 7) is 0. The Balaban J connectivity index is 1.86. The molecule has 1 heterocycles. The van der Waals surface area contributed by atoms with Crippen molar-refractivity contribution in [3.63, 3.8) is 0 Å². The third-order valence-corrected chi connectivity index (χ3v) is 4.97. The van der Waals surface area contributed by atoms with Crippen LogP contribution in [0, 0.1) is 3.57 Å². The Bertz CT molecular complexity index is 819. The topological polar surface area (TPSA) is 67.2 Å². The molecule has 1 aliphatic rings. The minimum Gasteiger partial charge on any atom is -0.393 e. The first-order valence-corrected chi connectivity index (χ1v) is 8.64. The van der Waals surface area contributed by atoms with Crippen LogP contribution in [-0.2, 0) is 16.5 Å². The van der Waals surface area contributed by atoms with Gasteiger partial charge in [-0.25, -0.2) is 0 Å². The molecule has 1 fully saturated rings. The van der Waals surface area contributed by atoms with E-state index in [0.717, 1.165) is 21.8 Å². The van der Waals surface area contributed by atoms with Crippen molar-refractivity contribution in [2.75, 3.05) is 5.32 Å². The second-order valence-electron chi connectivity index (χ2n) is 5.84. The first kappa shape index (κ1) is 18.5. The van der Waals surface area contributed by atoms with Crippen molar-refractivity contribution >= 4 is 45.8 Å². The summed E-state index contributed by atoms with van der Waals surface area (Å²) in [6, 6.07) is 2.72. The van der Waals surface area contributed by atoms with Gasteiger partial charge in [-0.15, -0.1) is 0 Å². The molecule has 1 aromatic heterocycles. The maximum Gasteiger partial charge on any atom is 0.416 e. The Morgan fingerprint density at radius 2 is 2.12 bits per heavy atom. The predicted molar refractivity (Wildman–Crippen MR) is 93.2 cm³/mol. The molecule has 1 aromatic carbocycles. The molecule has 0 saturated heterocycles. The number of amides is 1. The number of carbonyl (C=O) groups excluding carboxylic acids is 1. The van der Waals surface area contributed by atoms with E-state index in [-0.39, 0.29) is 23.6 Å². The zero-order valence-corrected chi connectivity index (χ0v) is 15.4. The Morgan fingerprint density at radius 1 is 1.44 bits per heavy atom. The number of halogens is 5. The quantitative estimate of drug-likeness (QED) is 0.653. The predicted octanol–water partition coefficient (Wildman–Crippen LogP) is 3.65. The van der Waals surface area contributed by atoms with Gasteiger partial charge in [0.05, 0.1) is 32.1 Å². The number of alkyl halides is 3. The largest absolute Gasteiger partial charge is 0.416 e. The molecule has 0 radical (unpaired) electrons. The van der Waals surface area contributed by atoms with Crippen LogP contribution in [0.15, 0.2) is 30.6 Å². The highest BCUT2D eigenvalue weighted by atomic mass is 127. The zero-order valence-electron chi connectivity index (χ0n) is 12.5. The molecule has 1 aliphatic carbocycles. The molecule has 2 aromatic rings. The number of benzene rings is 1. The summed E-state index contributed by atoms with van der Waals surface area (Å²) in [4.78, 5) is 12.7. The van der Waals surface area contributed by atoms with Crippen LogP contribution in [0.25, 0.3) is 0 Å². The average molecular weight is 486 g/mol. The van der Waals surface area contributed by atoms with Crippen LogP contribution >= 0.6 is 34.2 Å². The summed E-state index contributed by atoms with van der Waals surface area (Å²) >= 11 is 7.93. The van der Waals surface area contributed by atoms with Gasteiger partial charge in [-0.3, -0.25) is 9.48 Å². The number of rotatable bonds is 3. The van der Waals surface area contributed by atoms with E-state index in [2.05, 4.69) is 10.4 Å². The van der Waals surface area contributed by atoms with Crippen molar-refractivity contribution in [1.82, 2.24) is 9.78 Å². The van der Waals surface area contributed by atoms with Crippen LogP contribution in [0.2, 0.25) is 5.02 Å². The summed E-state index contributed by atoms with van der Waals surface area (Å²) in [5, 5.41) is 16.1. The Morgan fingerprint density at radius 3 is 2.60 bits per heavy atom. The van der Waals surface area contributed by atoms with E-state index in [1.807, 2.05) is 22.6 Å². The van der Waals surface area contributed by atoms with E-state index < -0.39 is 29.3 Å². The Hall–Kier alpha value is -1.33.